The summed E-state index contributed by atoms with van der Waals surface area (Å²) in [5, 5.41) is 1.68. The Morgan fingerprint density at radius 2 is 1.73 bits per heavy atom. The van der Waals surface area contributed by atoms with Gasteiger partial charge in [0.1, 0.15) is 5.75 Å². The molecule has 1 atom stereocenters. The first-order chi connectivity index (χ1) is 12.6. The molecule has 1 heterocycles. The smallest absolute Gasteiger partial charge is 0.244 e. The first-order valence-electron chi connectivity index (χ1n) is 8.36. The lowest BCUT2D eigenvalue weighted by Gasteiger charge is -2.25. The Kier molecular flexibility index (Phi) is 4.65. The number of nitrogens with zero attached hydrogens (tertiary/aromatic N) is 1. The number of sulfonamides is 1. The summed E-state index contributed by atoms with van der Waals surface area (Å²) in [7, 11) is -1.98. The van der Waals surface area contributed by atoms with Crippen molar-refractivity contribution in [2.75, 3.05) is 19.4 Å². The molecule has 0 spiro atoms. The van der Waals surface area contributed by atoms with Gasteiger partial charge < -0.3 is 4.74 Å². The maximum Gasteiger partial charge on any atom is 0.244 e. The molecular formula is C20H19NO3S2. The van der Waals surface area contributed by atoms with E-state index in [2.05, 4.69) is 0 Å². The Balaban J connectivity index is 1.76. The van der Waals surface area contributed by atoms with E-state index >= 15 is 0 Å². The number of hydrogen-bond acceptors (Lipinski definition) is 4. The van der Waals surface area contributed by atoms with Crippen LogP contribution in [0.3, 0.4) is 0 Å². The number of thioether (sulfide) groups is 1. The summed E-state index contributed by atoms with van der Waals surface area (Å²) in [5.41, 5.74) is 0.891. The van der Waals surface area contributed by atoms with Crippen LogP contribution >= 0.6 is 11.8 Å². The minimum atomic E-state index is -3.60. The zero-order valence-electron chi connectivity index (χ0n) is 14.3. The van der Waals surface area contributed by atoms with Crippen molar-refractivity contribution in [2.24, 2.45) is 0 Å². The van der Waals surface area contributed by atoms with Crippen LogP contribution in [-0.4, -0.2) is 32.1 Å². The van der Waals surface area contributed by atoms with Crippen LogP contribution in [0.15, 0.2) is 71.6 Å². The average molecular weight is 386 g/mol. The summed E-state index contributed by atoms with van der Waals surface area (Å²) in [6.45, 7) is 0.489. The van der Waals surface area contributed by atoms with Gasteiger partial charge in [0.2, 0.25) is 10.0 Å². The minimum Gasteiger partial charge on any atom is -0.496 e. The molecule has 0 bridgehead atoms. The van der Waals surface area contributed by atoms with E-state index in [0.29, 0.717) is 17.2 Å². The van der Waals surface area contributed by atoms with Crippen molar-refractivity contribution in [3.63, 3.8) is 0 Å². The van der Waals surface area contributed by atoms with Crippen LogP contribution < -0.4 is 4.74 Å². The predicted octanol–water partition coefficient (Wildman–Crippen LogP) is 4.28. The number of fused-ring (bicyclic) bond motifs is 1. The quantitative estimate of drug-likeness (QED) is 0.672. The molecule has 6 heteroatoms. The Labute approximate surface area is 157 Å². The molecule has 4 rings (SSSR count). The highest BCUT2D eigenvalue weighted by molar-refractivity contribution is 8.01. The molecule has 0 aliphatic carbocycles. The highest BCUT2D eigenvalue weighted by atomic mass is 32.2. The van der Waals surface area contributed by atoms with E-state index in [1.807, 2.05) is 54.6 Å². The SMILES string of the molecule is COc1ccccc1[C@@H]1SCCN1S(=O)(=O)c1ccc2ccccc2c1. The summed E-state index contributed by atoms with van der Waals surface area (Å²) in [6.07, 6.45) is 0. The van der Waals surface area contributed by atoms with Crippen molar-refractivity contribution in [1.82, 2.24) is 4.31 Å². The van der Waals surface area contributed by atoms with Crippen LogP contribution in [0.2, 0.25) is 0 Å². The van der Waals surface area contributed by atoms with Gasteiger partial charge in [-0.2, -0.15) is 4.31 Å². The Morgan fingerprint density at radius 1 is 1.00 bits per heavy atom. The van der Waals surface area contributed by atoms with Crippen LogP contribution in [0, 0.1) is 0 Å². The first kappa shape index (κ1) is 17.4. The molecule has 0 unspecified atom stereocenters. The number of rotatable bonds is 4. The third-order valence-electron chi connectivity index (χ3n) is 4.58. The van der Waals surface area contributed by atoms with Crippen LogP contribution in [0.1, 0.15) is 10.9 Å². The van der Waals surface area contributed by atoms with E-state index in [1.54, 1.807) is 35.3 Å². The number of benzene rings is 3. The average Bonchev–Trinajstić information content (AvgIpc) is 3.18. The lowest BCUT2D eigenvalue weighted by atomic mass is 10.1. The lowest BCUT2D eigenvalue weighted by molar-refractivity contribution is 0.390. The first-order valence-corrected chi connectivity index (χ1v) is 10.9. The van der Waals surface area contributed by atoms with E-state index in [0.717, 1.165) is 22.1 Å². The van der Waals surface area contributed by atoms with Gasteiger partial charge in [-0.3, -0.25) is 0 Å². The van der Waals surface area contributed by atoms with E-state index in [9.17, 15) is 8.42 Å². The molecule has 0 saturated carbocycles. The van der Waals surface area contributed by atoms with Crippen molar-refractivity contribution in [3.8, 4) is 5.75 Å². The van der Waals surface area contributed by atoms with Crippen molar-refractivity contribution < 1.29 is 13.2 Å². The summed E-state index contributed by atoms with van der Waals surface area (Å²) >= 11 is 1.63. The summed E-state index contributed by atoms with van der Waals surface area (Å²) in [4.78, 5) is 0.332. The molecule has 3 aromatic rings. The zero-order chi connectivity index (χ0) is 18.1. The monoisotopic (exact) mass is 385 g/mol. The van der Waals surface area contributed by atoms with E-state index in [4.69, 9.17) is 4.74 Å². The van der Waals surface area contributed by atoms with Gasteiger partial charge in [-0.15, -0.1) is 11.8 Å². The van der Waals surface area contributed by atoms with Gasteiger partial charge in [-0.05, 0) is 29.0 Å². The normalized spacial score (nSPS) is 18.3. The van der Waals surface area contributed by atoms with E-state index in [1.165, 1.54) is 0 Å². The highest BCUT2D eigenvalue weighted by Gasteiger charge is 2.38. The minimum absolute atomic E-state index is 0.275. The molecule has 134 valence electrons. The standard InChI is InChI=1S/C20H19NO3S2/c1-24-19-9-5-4-8-18(19)20-21(12-13-25-20)26(22,23)17-11-10-15-6-2-3-7-16(15)14-17/h2-11,14,20H,12-13H2,1H3/t20-/m0/s1. The van der Waals surface area contributed by atoms with Gasteiger partial charge in [-0.1, -0.05) is 48.5 Å². The van der Waals surface area contributed by atoms with Gasteiger partial charge in [-0.25, -0.2) is 8.42 Å². The highest BCUT2D eigenvalue weighted by Crippen LogP contribution is 2.44. The van der Waals surface area contributed by atoms with Crippen LogP contribution in [0.5, 0.6) is 5.75 Å². The fourth-order valence-electron chi connectivity index (χ4n) is 3.28. The van der Waals surface area contributed by atoms with Gasteiger partial charge in [0, 0.05) is 17.9 Å². The molecule has 1 aliphatic heterocycles. The fourth-order valence-corrected chi connectivity index (χ4v) is 6.57. The third kappa shape index (κ3) is 2.98. The van der Waals surface area contributed by atoms with Gasteiger partial charge in [0.05, 0.1) is 17.4 Å². The van der Waals surface area contributed by atoms with Crippen LogP contribution in [0.25, 0.3) is 10.8 Å². The molecule has 1 saturated heterocycles. The topological polar surface area (TPSA) is 46.6 Å². The maximum atomic E-state index is 13.3. The maximum absolute atomic E-state index is 13.3. The second kappa shape index (κ2) is 6.95. The second-order valence-corrected chi connectivity index (χ2v) is 9.17. The van der Waals surface area contributed by atoms with Crippen molar-refractivity contribution in [2.45, 2.75) is 10.3 Å². The third-order valence-corrected chi connectivity index (χ3v) is 7.82. The molecule has 3 aromatic carbocycles. The van der Waals surface area contributed by atoms with Gasteiger partial charge >= 0.3 is 0 Å². The molecule has 0 radical (unpaired) electrons. The summed E-state index contributed by atoms with van der Waals surface area (Å²) < 4.78 is 33.7. The van der Waals surface area contributed by atoms with E-state index < -0.39 is 10.0 Å². The van der Waals surface area contributed by atoms with Crippen molar-refractivity contribution >= 4 is 32.6 Å². The van der Waals surface area contributed by atoms with Gasteiger partial charge in [0.25, 0.3) is 0 Å². The largest absolute Gasteiger partial charge is 0.496 e. The molecular weight excluding hydrogens is 366 g/mol. The Morgan fingerprint density at radius 3 is 2.54 bits per heavy atom. The Bertz CT molecular complexity index is 1050. The number of para-hydroxylation sites is 1. The molecule has 1 fully saturated rings. The molecule has 0 N–H and O–H groups in total. The predicted molar refractivity (Wildman–Crippen MR) is 106 cm³/mol. The number of methoxy groups -OCH3 is 1. The van der Waals surface area contributed by atoms with E-state index in [-0.39, 0.29) is 5.37 Å². The van der Waals surface area contributed by atoms with Crippen LogP contribution in [-0.2, 0) is 10.0 Å². The van der Waals surface area contributed by atoms with Crippen LogP contribution in [0.4, 0.5) is 0 Å². The molecule has 4 nitrogen and oxygen atoms in total. The summed E-state index contributed by atoms with van der Waals surface area (Å²) in [5.74, 6) is 1.47. The number of hydrogen-bond donors (Lipinski definition) is 0. The summed E-state index contributed by atoms with van der Waals surface area (Å²) in [6, 6.07) is 20.7. The molecule has 0 amide bonds. The molecule has 0 aromatic heterocycles. The second-order valence-electron chi connectivity index (χ2n) is 6.09. The zero-order valence-corrected chi connectivity index (χ0v) is 16.0. The Hall–Kier alpha value is -2.02. The lowest BCUT2D eigenvalue weighted by Crippen LogP contribution is -2.30. The number of ether oxygens (including phenoxy) is 1. The van der Waals surface area contributed by atoms with Crippen molar-refractivity contribution in [1.29, 1.82) is 0 Å². The molecule has 26 heavy (non-hydrogen) atoms. The fraction of sp³-hybridized carbons (Fsp3) is 0.200. The molecule has 1 aliphatic rings. The van der Waals surface area contributed by atoms with Crippen molar-refractivity contribution in [3.05, 3.63) is 72.3 Å². The van der Waals surface area contributed by atoms with Gasteiger partial charge in [0.15, 0.2) is 0 Å².